The van der Waals surface area contributed by atoms with Crippen LogP contribution in [0.1, 0.15) is 39.7 Å². The quantitative estimate of drug-likeness (QED) is 0.786. The molecule has 0 heterocycles. The van der Waals surface area contributed by atoms with E-state index in [1.54, 1.807) is 26.8 Å². The summed E-state index contributed by atoms with van der Waals surface area (Å²) in [6.45, 7) is 7.58. The van der Waals surface area contributed by atoms with Gasteiger partial charge in [0.25, 0.3) is 0 Å². The summed E-state index contributed by atoms with van der Waals surface area (Å²) in [5.74, 6) is 0. The first-order valence-corrected chi connectivity index (χ1v) is 8.38. The molecule has 1 aromatic carbocycles. The van der Waals surface area contributed by atoms with Gasteiger partial charge in [0.05, 0.1) is 16.7 Å². The minimum absolute atomic E-state index is 0.0812. The van der Waals surface area contributed by atoms with E-state index >= 15 is 0 Å². The standard InChI is InChI=1S/C17H25Cl2NO3/c1-5-17(11-21,10-20-15(22)23-16(2,3)4)9-12-7-6-8-13(18)14(12)19/h6-8,21H,5,9-11H2,1-4H3,(H,20,22). The first kappa shape index (κ1) is 20.1. The van der Waals surface area contributed by atoms with E-state index in [1.807, 2.05) is 19.1 Å². The van der Waals surface area contributed by atoms with E-state index in [2.05, 4.69) is 5.32 Å². The Bertz CT molecular complexity index is 537. The van der Waals surface area contributed by atoms with Crippen LogP contribution >= 0.6 is 23.2 Å². The second-order valence-corrected chi connectivity index (χ2v) is 7.54. The summed E-state index contributed by atoms with van der Waals surface area (Å²) in [7, 11) is 0. The number of rotatable bonds is 6. The van der Waals surface area contributed by atoms with Crippen molar-refractivity contribution in [1.29, 1.82) is 0 Å². The number of carbonyl (C=O) groups excluding carboxylic acids is 1. The number of hydrogen-bond donors (Lipinski definition) is 2. The molecule has 23 heavy (non-hydrogen) atoms. The van der Waals surface area contributed by atoms with Gasteiger partial charge >= 0.3 is 6.09 Å². The van der Waals surface area contributed by atoms with E-state index in [0.717, 1.165) is 5.56 Å². The number of benzene rings is 1. The Labute approximate surface area is 148 Å². The van der Waals surface area contributed by atoms with Crippen LogP contribution in [0.15, 0.2) is 18.2 Å². The third kappa shape index (κ3) is 6.21. The van der Waals surface area contributed by atoms with Gasteiger partial charge in [0, 0.05) is 12.0 Å². The summed E-state index contributed by atoms with van der Waals surface area (Å²) in [5.41, 5.74) is -0.235. The molecule has 4 nitrogen and oxygen atoms in total. The lowest BCUT2D eigenvalue weighted by Crippen LogP contribution is -2.43. The van der Waals surface area contributed by atoms with Gasteiger partial charge in [-0.25, -0.2) is 4.79 Å². The maximum atomic E-state index is 11.8. The van der Waals surface area contributed by atoms with Crippen molar-refractivity contribution in [3.8, 4) is 0 Å². The number of amides is 1. The van der Waals surface area contributed by atoms with Crippen molar-refractivity contribution in [2.75, 3.05) is 13.2 Å². The summed E-state index contributed by atoms with van der Waals surface area (Å²) < 4.78 is 5.24. The molecule has 1 unspecified atom stereocenters. The molecule has 0 bridgehead atoms. The number of carbonyl (C=O) groups is 1. The molecule has 1 rings (SSSR count). The zero-order valence-corrected chi connectivity index (χ0v) is 15.6. The molecule has 6 heteroatoms. The van der Waals surface area contributed by atoms with Gasteiger partial charge < -0.3 is 15.2 Å². The molecule has 0 saturated carbocycles. The van der Waals surface area contributed by atoms with Crippen LogP contribution in [0.3, 0.4) is 0 Å². The molecule has 0 fully saturated rings. The molecule has 0 aliphatic heterocycles. The molecular formula is C17H25Cl2NO3. The Kier molecular flexibility index (Phi) is 7.18. The van der Waals surface area contributed by atoms with Crippen LogP contribution in [0, 0.1) is 5.41 Å². The van der Waals surface area contributed by atoms with Crippen molar-refractivity contribution in [3.05, 3.63) is 33.8 Å². The predicted octanol–water partition coefficient (Wildman–Crippen LogP) is 4.45. The SMILES string of the molecule is CCC(CO)(CNC(=O)OC(C)(C)C)Cc1cccc(Cl)c1Cl. The van der Waals surface area contributed by atoms with Gasteiger partial charge in [0.1, 0.15) is 5.60 Å². The summed E-state index contributed by atoms with van der Waals surface area (Å²) >= 11 is 12.3. The number of alkyl carbamates (subject to hydrolysis) is 1. The third-order valence-electron chi connectivity index (χ3n) is 3.69. The smallest absolute Gasteiger partial charge is 0.407 e. The fourth-order valence-corrected chi connectivity index (χ4v) is 2.59. The molecule has 0 spiro atoms. The minimum atomic E-state index is -0.561. The number of aliphatic hydroxyl groups is 1. The summed E-state index contributed by atoms with van der Waals surface area (Å²) in [4.78, 5) is 11.8. The van der Waals surface area contributed by atoms with Gasteiger partial charge in [-0.15, -0.1) is 0 Å². The Morgan fingerprint density at radius 2 is 1.96 bits per heavy atom. The lowest BCUT2D eigenvalue weighted by atomic mass is 9.80. The third-order valence-corrected chi connectivity index (χ3v) is 4.55. The van der Waals surface area contributed by atoms with Crippen molar-refractivity contribution in [2.45, 2.75) is 46.1 Å². The summed E-state index contributed by atoms with van der Waals surface area (Å²) in [6.07, 6.45) is 0.679. The maximum absolute atomic E-state index is 11.8. The predicted molar refractivity (Wildman–Crippen MR) is 94.2 cm³/mol. The van der Waals surface area contributed by atoms with Crippen LogP contribution in [-0.2, 0) is 11.2 Å². The van der Waals surface area contributed by atoms with E-state index in [-0.39, 0.29) is 13.2 Å². The minimum Gasteiger partial charge on any atom is -0.444 e. The number of ether oxygens (including phenoxy) is 1. The highest BCUT2D eigenvalue weighted by molar-refractivity contribution is 6.42. The molecular weight excluding hydrogens is 337 g/mol. The van der Waals surface area contributed by atoms with E-state index in [4.69, 9.17) is 27.9 Å². The van der Waals surface area contributed by atoms with E-state index in [9.17, 15) is 9.90 Å². The van der Waals surface area contributed by atoms with Gasteiger partial charge in [-0.2, -0.15) is 0 Å². The van der Waals surface area contributed by atoms with E-state index < -0.39 is 17.1 Å². The largest absolute Gasteiger partial charge is 0.444 e. The van der Waals surface area contributed by atoms with Crippen molar-refractivity contribution in [1.82, 2.24) is 5.32 Å². The monoisotopic (exact) mass is 361 g/mol. The van der Waals surface area contributed by atoms with Crippen LogP contribution in [0.2, 0.25) is 10.0 Å². The number of hydrogen-bond acceptors (Lipinski definition) is 3. The van der Waals surface area contributed by atoms with Crippen molar-refractivity contribution >= 4 is 29.3 Å². The van der Waals surface area contributed by atoms with Crippen molar-refractivity contribution in [3.63, 3.8) is 0 Å². The molecule has 0 radical (unpaired) electrons. The molecule has 1 amide bonds. The topological polar surface area (TPSA) is 58.6 Å². The Hall–Kier alpha value is -0.970. The van der Waals surface area contributed by atoms with Crippen LogP contribution in [0.4, 0.5) is 4.79 Å². The molecule has 0 aromatic heterocycles. The molecule has 1 aromatic rings. The fourth-order valence-electron chi connectivity index (χ4n) is 2.20. The maximum Gasteiger partial charge on any atom is 0.407 e. The molecule has 0 aliphatic rings. The molecule has 130 valence electrons. The number of halogens is 2. The number of aliphatic hydroxyl groups excluding tert-OH is 1. The average molecular weight is 362 g/mol. The van der Waals surface area contributed by atoms with Gasteiger partial charge in [0.2, 0.25) is 0 Å². The summed E-state index contributed by atoms with van der Waals surface area (Å²) in [6, 6.07) is 5.42. The Balaban J connectivity index is 2.83. The lowest BCUT2D eigenvalue weighted by Gasteiger charge is -2.32. The lowest BCUT2D eigenvalue weighted by molar-refractivity contribution is 0.0461. The Morgan fingerprint density at radius 1 is 1.30 bits per heavy atom. The van der Waals surface area contributed by atoms with Crippen molar-refractivity contribution in [2.24, 2.45) is 5.41 Å². The first-order valence-electron chi connectivity index (χ1n) is 7.63. The molecule has 0 saturated heterocycles. The highest BCUT2D eigenvalue weighted by Gasteiger charge is 2.30. The van der Waals surface area contributed by atoms with Crippen LogP contribution in [0.5, 0.6) is 0 Å². The average Bonchev–Trinajstić information content (AvgIpc) is 2.46. The second-order valence-electron chi connectivity index (χ2n) is 6.76. The van der Waals surface area contributed by atoms with Gasteiger partial charge in [-0.05, 0) is 45.2 Å². The van der Waals surface area contributed by atoms with Crippen LogP contribution in [-0.4, -0.2) is 30.0 Å². The van der Waals surface area contributed by atoms with Gasteiger partial charge in [0.15, 0.2) is 0 Å². The highest BCUT2D eigenvalue weighted by Crippen LogP contribution is 2.33. The molecule has 1 atom stereocenters. The van der Waals surface area contributed by atoms with Gasteiger partial charge in [-0.1, -0.05) is 42.3 Å². The molecule has 2 N–H and O–H groups in total. The highest BCUT2D eigenvalue weighted by atomic mass is 35.5. The second kappa shape index (κ2) is 8.22. The van der Waals surface area contributed by atoms with Crippen LogP contribution in [0.25, 0.3) is 0 Å². The van der Waals surface area contributed by atoms with E-state index in [0.29, 0.717) is 22.9 Å². The first-order chi connectivity index (χ1) is 10.6. The normalized spacial score (nSPS) is 14.2. The number of nitrogens with one attached hydrogen (secondary N) is 1. The molecule has 0 aliphatic carbocycles. The van der Waals surface area contributed by atoms with Crippen molar-refractivity contribution < 1.29 is 14.6 Å². The zero-order chi connectivity index (χ0) is 17.7. The van der Waals surface area contributed by atoms with Gasteiger partial charge in [-0.3, -0.25) is 0 Å². The Morgan fingerprint density at radius 3 is 2.48 bits per heavy atom. The zero-order valence-electron chi connectivity index (χ0n) is 14.1. The summed E-state index contributed by atoms with van der Waals surface area (Å²) in [5, 5.41) is 13.6. The van der Waals surface area contributed by atoms with Crippen LogP contribution < -0.4 is 5.32 Å². The fraction of sp³-hybridized carbons (Fsp3) is 0.588. The van der Waals surface area contributed by atoms with E-state index in [1.165, 1.54) is 0 Å².